The van der Waals surface area contributed by atoms with Crippen LogP contribution in [0.3, 0.4) is 0 Å². The molecule has 0 aromatic heterocycles. The first-order valence-electron chi connectivity index (χ1n) is 12.5. The number of carbonyl (C=O) groups excluding carboxylic acids is 4. The summed E-state index contributed by atoms with van der Waals surface area (Å²) in [5.74, 6) is -0.562. The summed E-state index contributed by atoms with van der Waals surface area (Å²) in [6, 6.07) is 6.77. The highest BCUT2D eigenvalue weighted by Crippen LogP contribution is 2.29. The predicted molar refractivity (Wildman–Crippen MR) is 136 cm³/mol. The van der Waals surface area contributed by atoms with Crippen LogP contribution in [-0.4, -0.2) is 76.1 Å². The van der Waals surface area contributed by atoms with Crippen LogP contribution in [0.4, 0.5) is 5.69 Å². The van der Waals surface area contributed by atoms with Gasteiger partial charge in [0.15, 0.2) is 5.17 Å². The second-order valence-electron chi connectivity index (χ2n) is 9.27. The summed E-state index contributed by atoms with van der Waals surface area (Å²) >= 11 is 1.37. The van der Waals surface area contributed by atoms with Gasteiger partial charge in [0.2, 0.25) is 11.8 Å². The van der Waals surface area contributed by atoms with E-state index in [-0.39, 0.29) is 36.1 Å². The number of benzene rings is 1. The highest BCUT2D eigenvalue weighted by atomic mass is 32.2. The first-order chi connectivity index (χ1) is 16.9. The fourth-order valence-corrected chi connectivity index (χ4v) is 5.74. The molecule has 2 atom stereocenters. The van der Waals surface area contributed by atoms with Crippen molar-refractivity contribution in [3.63, 3.8) is 0 Å². The lowest BCUT2D eigenvalue weighted by molar-refractivity contribution is -0.122. The Bertz CT molecular complexity index is 990. The molecular weight excluding hydrogens is 466 g/mol. The SMILES string of the molecule is CCCC(=O)NC1CCCN(C(=O)c2ccc(NC(=O)CC3SC(N4CCCC4)=NC3=O)cc2)C1. The average Bonchev–Trinajstić information content (AvgIpc) is 3.50. The Morgan fingerprint density at radius 2 is 1.80 bits per heavy atom. The van der Waals surface area contributed by atoms with E-state index in [0.29, 0.717) is 30.8 Å². The first-order valence-corrected chi connectivity index (χ1v) is 13.3. The highest BCUT2D eigenvalue weighted by Gasteiger charge is 2.34. The molecule has 188 valence electrons. The second-order valence-corrected chi connectivity index (χ2v) is 10.4. The Morgan fingerprint density at radius 1 is 1.06 bits per heavy atom. The van der Waals surface area contributed by atoms with E-state index in [0.717, 1.165) is 50.4 Å². The number of hydrogen-bond acceptors (Lipinski definition) is 6. The molecule has 35 heavy (non-hydrogen) atoms. The van der Waals surface area contributed by atoms with Gasteiger partial charge in [0.25, 0.3) is 11.8 Å². The smallest absolute Gasteiger partial charge is 0.262 e. The number of thioether (sulfide) groups is 1. The van der Waals surface area contributed by atoms with Crippen LogP contribution < -0.4 is 10.6 Å². The zero-order valence-corrected chi connectivity index (χ0v) is 20.9. The molecule has 1 aromatic rings. The molecule has 2 unspecified atom stereocenters. The van der Waals surface area contributed by atoms with Crippen LogP contribution in [0.2, 0.25) is 0 Å². The number of carbonyl (C=O) groups is 4. The van der Waals surface area contributed by atoms with E-state index >= 15 is 0 Å². The summed E-state index contributed by atoms with van der Waals surface area (Å²) in [7, 11) is 0. The Balaban J connectivity index is 1.26. The van der Waals surface area contributed by atoms with Gasteiger partial charge < -0.3 is 20.4 Å². The molecule has 1 aromatic carbocycles. The third kappa shape index (κ3) is 6.62. The number of piperidine rings is 1. The largest absolute Gasteiger partial charge is 0.352 e. The lowest BCUT2D eigenvalue weighted by Gasteiger charge is -2.33. The van der Waals surface area contributed by atoms with Gasteiger partial charge in [-0.1, -0.05) is 18.7 Å². The van der Waals surface area contributed by atoms with Crippen molar-refractivity contribution in [3.05, 3.63) is 29.8 Å². The van der Waals surface area contributed by atoms with Gasteiger partial charge in [0, 0.05) is 56.3 Å². The van der Waals surface area contributed by atoms with Gasteiger partial charge in [-0.2, -0.15) is 4.99 Å². The van der Waals surface area contributed by atoms with E-state index < -0.39 is 5.25 Å². The van der Waals surface area contributed by atoms with Gasteiger partial charge in [0.05, 0.1) is 0 Å². The quantitative estimate of drug-likeness (QED) is 0.597. The lowest BCUT2D eigenvalue weighted by atomic mass is 10.0. The van der Waals surface area contributed by atoms with Crippen molar-refractivity contribution < 1.29 is 19.2 Å². The molecule has 9 nitrogen and oxygen atoms in total. The number of anilines is 1. The molecule has 0 spiro atoms. The minimum absolute atomic E-state index is 0.0172. The van der Waals surface area contributed by atoms with E-state index in [1.54, 1.807) is 29.2 Å². The Hall–Kier alpha value is -2.88. The van der Waals surface area contributed by atoms with Crippen molar-refractivity contribution in [1.29, 1.82) is 0 Å². The van der Waals surface area contributed by atoms with E-state index in [1.165, 1.54) is 11.8 Å². The topological polar surface area (TPSA) is 111 Å². The predicted octanol–water partition coefficient (Wildman–Crippen LogP) is 2.63. The highest BCUT2D eigenvalue weighted by molar-refractivity contribution is 8.15. The van der Waals surface area contributed by atoms with Crippen molar-refractivity contribution in [2.45, 2.75) is 63.2 Å². The van der Waals surface area contributed by atoms with E-state index in [9.17, 15) is 19.2 Å². The molecule has 0 saturated carbocycles. The number of amides is 4. The number of likely N-dealkylation sites (tertiary alicyclic amines) is 2. The molecule has 0 aliphatic carbocycles. The fraction of sp³-hybridized carbons (Fsp3) is 0.560. The lowest BCUT2D eigenvalue weighted by Crippen LogP contribution is -2.49. The molecule has 2 N–H and O–H groups in total. The summed E-state index contributed by atoms with van der Waals surface area (Å²) in [5, 5.41) is 6.08. The maximum absolute atomic E-state index is 13.0. The minimum atomic E-state index is -0.490. The van der Waals surface area contributed by atoms with Gasteiger partial charge in [-0.15, -0.1) is 0 Å². The number of hydrogen-bond donors (Lipinski definition) is 2. The summed E-state index contributed by atoms with van der Waals surface area (Å²) < 4.78 is 0. The number of aliphatic imine (C=N–C) groups is 1. The van der Waals surface area contributed by atoms with Gasteiger partial charge in [-0.3, -0.25) is 19.2 Å². The molecule has 0 bridgehead atoms. The van der Waals surface area contributed by atoms with E-state index in [4.69, 9.17) is 0 Å². The van der Waals surface area contributed by atoms with Gasteiger partial charge in [0.1, 0.15) is 5.25 Å². The van der Waals surface area contributed by atoms with E-state index in [2.05, 4.69) is 20.5 Å². The molecule has 3 aliphatic rings. The van der Waals surface area contributed by atoms with Crippen LogP contribution in [0.1, 0.15) is 62.2 Å². The maximum atomic E-state index is 13.0. The molecule has 3 heterocycles. The van der Waals surface area contributed by atoms with Gasteiger partial charge >= 0.3 is 0 Å². The van der Waals surface area contributed by atoms with Crippen molar-refractivity contribution in [3.8, 4) is 0 Å². The molecule has 0 radical (unpaired) electrons. The standard InChI is InChI=1S/C25H33N5O4S/c1-2-6-21(31)27-19-7-5-14-30(16-19)24(34)17-8-10-18(11-9-17)26-22(32)15-20-23(33)28-25(35-20)29-12-3-4-13-29/h8-11,19-20H,2-7,12-16H2,1H3,(H,26,32)(H,27,31). The average molecular weight is 500 g/mol. The molecule has 4 rings (SSSR count). The molecular formula is C25H33N5O4S. The molecule has 4 amide bonds. The summed E-state index contributed by atoms with van der Waals surface area (Å²) in [6.07, 6.45) is 5.28. The van der Waals surface area contributed by atoms with Crippen molar-refractivity contribution in [2.75, 3.05) is 31.5 Å². The number of nitrogens with one attached hydrogen (secondary N) is 2. The molecule has 10 heteroatoms. The van der Waals surface area contributed by atoms with Gasteiger partial charge in [-0.25, -0.2) is 0 Å². The number of amidine groups is 1. The minimum Gasteiger partial charge on any atom is -0.352 e. The van der Waals surface area contributed by atoms with Crippen LogP contribution in [0.25, 0.3) is 0 Å². The normalized spacial score (nSPS) is 22.2. The van der Waals surface area contributed by atoms with Crippen LogP contribution in [0.5, 0.6) is 0 Å². The fourth-order valence-electron chi connectivity index (χ4n) is 4.62. The van der Waals surface area contributed by atoms with Crippen molar-refractivity contribution in [2.24, 2.45) is 4.99 Å². The summed E-state index contributed by atoms with van der Waals surface area (Å²) in [4.78, 5) is 57.7. The number of nitrogens with zero attached hydrogens (tertiary/aromatic N) is 3. The summed E-state index contributed by atoms with van der Waals surface area (Å²) in [5.41, 5.74) is 1.11. The molecule has 2 fully saturated rings. The Kier molecular flexibility index (Phi) is 8.43. The van der Waals surface area contributed by atoms with Crippen LogP contribution in [-0.2, 0) is 14.4 Å². The van der Waals surface area contributed by atoms with Crippen LogP contribution in [0, 0.1) is 0 Å². The third-order valence-corrected chi connectivity index (χ3v) is 7.66. The first kappa shape index (κ1) is 25.2. The van der Waals surface area contributed by atoms with Gasteiger partial charge in [-0.05, 0) is 56.4 Å². The molecule has 3 aliphatic heterocycles. The zero-order valence-electron chi connectivity index (χ0n) is 20.1. The Morgan fingerprint density at radius 3 is 2.51 bits per heavy atom. The summed E-state index contributed by atoms with van der Waals surface area (Å²) in [6.45, 7) is 4.95. The second kappa shape index (κ2) is 11.7. The van der Waals surface area contributed by atoms with Crippen LogP contribution in [0.15, 0.2) is 29.3 Å². The zero-order chi connectivity index (χ0) is 24.8. The third-order valence-electron chi connectivity index (χ3n) is 6.44. The Labute approximate surface area is 210 Å². The van der Waals surface area contributed by atoms with E-state index in [1.807, 2.05) is 6.92 Å². The van der Waals surface area contributed by atoms with Crippen LogP contribution >= 0.6 is 11.8 Å². The van der Waals surface area contributed by atoms with Crippen molar-refractivity contribution >= 4 is 46.2 Å². The van der Waals surface area contributed by atoms with Crippen molar-refractivity contribution in [1.82, 2.24) is 15.1 Å². The monoisotopic (exact) mass is 499 g/mol. The molecule has 2 saturated heterocycles. The number of rotatable bonds is 7. The maximum Gasteiger partial charge on any atom is 0.262 e.